The topological polar surface area (TPSA) is 146 Å². The van der Waals surface area contributed by atoms with Crippen molar-refractivity contribution >= 4 is 58.1 Å². The molecule has 0 radical (unpaired) electrons. The first-order valence-electron chi connectivity index (χ1n) is 22.2. The highest BCUT2D eigenvalue weighted by molar-refractivity contribution is 6.23. The van der Waals surface area contributed by atoms with Gasteiger partial charge in [0.15, 0.2) is 5.69 Å². The second-order valence-electron chi connectivity index (χ2n) is 18.0. The minimum atomic E-state index is -4.62. The highest BCUT2D eigenvalue weighted by Gasteiger charge is 2.46. The number of piperidine rings is 3. The maximum Gasteiger partial charge on any atom is 0.407 e. The summed E-state index contributed by atoms with van der Waals surface area (Å²) in [5.41, 5.74) is 1.51. The fourth-order valence-corrected chi connectivity index (χ4v) is 10.3. The lowest BCUT2D eigenvalue weighted by Crippen LogP contribution is -2.66. The number of fused-ring (bicyclic) bond motifs is 1. The van der Waals surface area contributed by atoms with Crippen LogP contribution in [0.15, 0.2) is 54.7 Å². The minimum Gasteiger partial charge on any atom is -0.372 e. The Kier molecular flexibility index (Phi) is 11.8. The zero-order valence-corrected chi connectivity index (χ0v) is 35.6. The number of carbonyl (C=O) groups excluding carboxylic acids is 5. The van der Waals surface area contributed by atoms with Crippen molar-refractivity contribution in [3.63, 3.8) is 0 Å². The molecule has 1 aromatic heterocycles. The van der Waals surface area contributed by atoms with Gasteiger partial charge in [0.1, 0.15) is 11.9 Å². The largest absolute Gasteiger partial charge is 0.407 e. The molecule has 64 heavy (non-hydrogen) atoms. The van der Waals surface area contributed by atoms with Crippen LogP contribution < -0.4 is 25.3 Å². The third kappa shape index (κ3) is 8.62. The van der Waals surface area contributed by atoms with Gasteiger partial charge in [-0.05, 0) is 87.4 Å². The maximum absolute atomic E-state index is 13.5. The van der Waals surface area contributed by atoms with Gasteiger partial charge in [0.25, 0.3) is 11.8 Å². The van der Waals surface area contributed by atoms with Gasteiger partial charge < -0.3 is 24.9 Å². The van der Waals surface area contributed by atoms with Crippen LogP contribution in [0.5, 0.6) is 0 Å². The summed E-state index contributed by atoms with van der Waals surface area (Å²) in [5, 5.41) is 5.17. The maximum atomic E-state index is 13.5. The van der Waals surface area contributed by atoms with Crippen molar-refractivity contribution in [2.75, 3.05) is 85.5 Å². The number of nitrogens with zero attached hydrogens (tertiary/aromatic N) is 8. The number of piperazine rings is 1. The lowest BCUT2D eigenvalue weighted by molar-refractivity contribution is -0.137. The molecule has 0 aliphatic carbocycles. The Labute approximate surface area is 369 Å². The monoisotopic (exact) mass is 880 g/mol. The van der Waals surface area contributed by atoms with Crippen LogP contribution in [0.4, 0.5) is 41.7 Å². The fraction of sp³-hybridized carbons (Fsp3) is 0.500. The number of rotatable bonds is 9. The summed E-state index contributed by atoms with van der Waals surface area (Å²) in [6, 6.07) is 12.7. The Balaban J connectivity index is 0.688. The van der Waals surface area contributed by atoms with Crippen molar-refractivity contribution in [1.82, 2.24) is 25.0 Å². The normalized spacial score (nSPS) is 23.2. The molecule has 18 heteroatoms. The zero-order chi connectivity index (χ0) is 44.9. The second kappa shape index (κ2) is 17.5. The molecule has 2 aromatic carbocycles. The first-order valence-corrected chi connectivity index (χ1v) is 22.2. The molecule has 5 fully saturated rings. The molecular formula is C46H51F3N10O5. The van der Waals surface area contributed by atoms with Gasteiger partial charge in [0.05, 0.1) is 35.1 Å². The number of hydrogen-bond donors (Lipinski definition) is 2. The Hall–Kier alpha value is -6.06. The predicted molar refractivity (Wildman–Crippen MR) is 232 cm³/mol. The van der Waals surface area contributed by atoms with E-state index in [0.717, 1.165) is 87.5 Å². The average Bonchev–Trinajstić information content (AvgIpc) is 3.51. The SMILES string of the molecule is [C-]#[N+]c1ccc(N2CCC(C(=O)Nc3ccc(N4CCC(CN5CCN(C6CN(c7ccc8c(c7)C(=O)N(C7CCC(=O)NC7=O)C8=O)C6)[C@H](C)C5)CC4)cn3)CC2)cc1C(F)(F)F. The van der Waals surface area contributed by atoms with Gasteiger partial charge in [0, 0.05) is 101 Å². The quantitative estimate of drug-likeness (QED) is 0.221. The molecule has 5 saturated heterocycles. The standard InChI is InChI=1S/C46H51F3N10O5/c1-28-24-54(19-20-58(28)34-26-57(27-34)31-3-6-35-36(21-31)45(64)59(44(35)63)39-8-10-41(60)53-43(39)62)25-29-11-15-56(16-12-29)33-5-9-40(51-23-33)52-42(61)30-13-17-55(18-14-30)32-4-7-38(50-2)37(22-32)46(47,48)49/h3-7,9,21-23,28-30,34,39H,8,10-20,24-27H2,1H3,(H,51,52,61)(H,53,60,62)/t28-,39?/m1/s1. The van der Waals surface area contributed by atoms with E-state index in [-0.39, 0.29) is 30.2 Å². The average molecular weight is 881 g/mol. The van der Waals surface area contributed by atoms with Crippen molar-refractivity contribution in [2.45, 2.75) is 69.8 Å². The fourth-order valence-electron chi connectivity index (χ4n) is 10.3. The van der Waals surface area contributed by atoms with E-state index in [1.165, 1.54) is 12.1 Å². The number of anilines is 4. The summed E-state index contributed by atoms with van der Waals surface area (Å²) in [6.45, 7) is 17.8. The Bertz CT molecular complexity index is 2370. The van der Waals surface area contributed by atoms with E-state index in [2.05, 4.69) is 47.0 Å². The number of hydrogen-bond acceptors (Lipinski definition) is 11. The molecule has 7 heterocycles. The lowest BCUT2D eigenvalue weighted by atomic mass is 9.94. The van der Waals surface area contributed by atoms with Crippen LogP contribution in [0.2, 0.25) is 0 Å². The van der Waals surface area contributed by atoms with Crippen molar-refractivity contribution in [3.8, 4) is 0 Å². The molecule has 9 rings (SSSR count). The van der Waals surface area contributed by atoms with Gasteiger partial charge in [-0.15, -0.1) is 0 Å². The van der Waals surface area contributed by atoms with Crippen molar-refractivity contribution in [3.05, 3.63) is 82.8 Å². The van der Waals surface area contributed by atoms with E-state index in [1.54, 1.807) is 18.3 Å². The highest BCUT2D eigenvalue weighted by atomic mass is 19.4. The van der Waals surface area contributed by atoms with Crippen LogP contribution >= 0.6 is 0 Å². The number of benzene rings is 2. The van der Waals surface area contributed by atoms with Gasteiger partial charge in [-0.2, -0.15) is 13.2 Å². The molecule has 5 amide bonds. The molecule has 0 saturated carbocycles. The van der Waals surface area contributed by atoms with E-state index < -0.39 is 47.1 Å². The third-order valence-electron chi connectivity index (χ3n) is 14.0. The molecule has 6 aliphatic heterocycles. The van der Waals surface area contributed by atoms with Crippen LogP contribution in [0, 0.1) is 18.4 Å². The van der Waals surface area contributed by atoms with E-state index in [9.17, 15) is 37.1 Å². The molecular weight excluding hydrogens is 830 g/mol. The summed E-state index contributed by atoms with van der Waals surface area (Å²) in [4.78, 5) is 83.8. The molecule has 2 N–H and O–H groups in total. The summed E-state index contributed by atoms with van der Waals surface area (Å²) in [5.74, 6) is -1.38. The van der Waals surface area contributed by atoms with E-state index >= 15 is 0 Å². The molecule has 1 unspecified atom stereocenters. The molecule has 0 spiro atoms. The van der Waals surface area contributed by atoms with Crippen LogP contribution in [0.1, 0.15) is 71.7 Å². The van der Waals surface area contributed by atoms with E-state index in [1.807, 2.05) is 23.1 Å². The van der Waals surface area contributed by atoms with E-state index in [4.69, 9.17) is 6.57 Å². The zero-order valence-electron chi connectivity index (χ0n) is 35.6. The predicted octanol–water partition coefficient (Wildman–Crippen LogP) is 5.02. The third-order valence-corrected chi connectivity index (χ3v) is 14.0. The number of imide groups is 2. The number of amides is 5. The van der Waals surface area contributed by atoms with Crippen LogP contribution in [0.25, 0.3) is 4.85 Å². The first-order chi connectivity index (χ1) is 30.7. The molecule has 0 bridgehead atoms. The Morgan fingerprint density at radius 3 is 2.16 bits per heavy atom. The molecule has 3 aromatic rings. The molecule has 336 valence electrons. The minimum absolute atomic E-state index is 0.0835. The lowest BCUT2D eigenvalue weighted by Gasteiger charge is -2.52. The number of pyridine rings is 1. The number of carbonyl (C=O) groups is 5. The van der Waals surface area contributed by atoms with Crippen molar-refractivity contribution < 1.29 is 37.1 Å². The summed E-state index contributed by atoms with van der Waals surface area (Å²) < 4.78 is 40.5. The van der Waals surface area contributed by atoms with Crippen molar-refractivity contribution in [1.29, 1.82) is 0 Å². The summed E-state index contributed by atoms with van der Waals surface area (Å²) in [7, 11) is 0. The number of alkyl halides is 3. The Morgan fingerprint density at radius 1 is 0.812 bits per heavy atom. The van der Waals surface area contributed by atoms with Crippen LogP contribution in [-0.4, -0.2) is 133 Å². The van der Waals surface area contributed by atoms with Gasteiger partial charge in [-0.3, -0.25) is 39.1 Å². The second-order valence-corrected chi connectivity index (χ2v) is 18.0. The summed E-state index contributed by atoms with van der Waals surface area (Å²) >= 11 is 0. The number of aromatic nitrogens is 1. The molecule has 6 aliphatic rings. The van der Waals surface area contributed by atoms with Gasteiger partial charge in [-0.25, -0.2) is 9.83 Å². The van der Waals surface area contributed by atoms with Gasteiger partial charge in [-0.1, -0.05) is 6.07 Å². The molecule has 15 nitrogen and oxygen atoms in total. The molecule has 2 atom stereocenters. The number of halogens is 3. The summed E-state index contributed by atoms with van der Waals surface area (Å²) in [6.07, 6.45) is 0.522. The highest BCUT2D eigenvalue weighted by Crippen LogP contribution is 2.40. The van der Waals surface area contributed by atoms with Crippen LogP contribution in [-0.2, 0) is 20.6 Å². The van der Waals surface area contributed by atoms with Crippen LogP contribution in [0.3, 0.4) is 0 Å². The smallest absolute Gasteiger partial charge is 0.372 e. The van der Waals surface area contributed by atoms with Gasteiger partial charge in [0.2, 0.25) is 17.7 Å². The number of nitrogens with one attached hydrogen (secondary N) is 2. The first kappa shape index (κ1) is 43.2. The van der Waals surface area contributed by atoms with Gasteiger partial charge >= 0.3 is 6.18 Å². The van der Waals surface area contributed by atoms with E-state index in [0.29, 0.717) is 61.0 Å². The van der Waals surface area contributed by atoms with Crippen molar-refractivity contribution in [2.24, 2.45) is 11.8 Å². The Morgan fingerprint density at radius 2 is 1.48 bits per heavy atom.